The molecule has 6 heteroatoms. The van der Waals surface area contributed by atoms with Crippen molar-refractivity contribution in [3.05, 3.63) is 53.3 Å². The van der Waals surface area contributed by atoms with Crippen LogP contribution in [-0.2, 0) is 12.8 Å². The van der Waals surface area contributed by atoms with E-state index in [0.29, 0.717) is 35.9 Å². The molecule has 2 heterocycles. The smallest absolute Gasteiger partial charge is 0.252 e. The fraction of sp³-hybridized carbons (Fsp3) is 0.478. The van der Waals surface area contributed by atoms with Crippen LogP contribution in [0, 0.1) is 5.92 Å². The van der Waals surface area contributed by atoms with Gasteiger partial charge in [-0.15, -0.1) is 0 Å². The summed E-state index contributed by atoms with van der Waals surface area (Å²) in [6, 6.07) is 7.78. The van der Waals surface area contributed by atoms with Crippen LogP contribution in [0.1, 0.15) is 34.8 Å². The molecule has 0 radical (unpaired) electrons. The molecule has 1 amide bonds. The van der Waals surface area contributed by atoms with Crippen molar-refractivity contribution in [1.82, 2.24) is 15.2 Å². The van der Waals surface area contributed by atoms with Crippen LogP contribution in [0.25, 0.3) is 0 Å². The van der Waals surface area contributed by atoms with Crippen LogP contribution < -0.4 is 14.8 Å². The second-order valence-corrected chi connectivity index (χ2v) is 7.53. The lowest BCUT2D eigenvalue weighted by molar-refractivity contribution is 0.0953. The van der Waals surface area contributed by atoms with E-state index in [2.05, 4.69) is 22.1 Å². The number of benzene rings is 1. The van der Waals surface area contributed by atoms with Gasteiger partial charge in [0.1, 0.15) is 0 Å². The van der Waals surface area contributed by atoms with Gasteiger partial charge in [-0.25, -0.2) is 0 Å². The molecule has 6 nitrogen and oxygen atoms in total. The van der Waals surface area contributed by atoms with Crippen LogP contribution in [-0.4, -0.2) is 56.2 Å². The Morgan fingerprint density at radius 3 is 2.72 bits per heavy atom. The third-order valence-electron chi connectivity index (χ3n) is 5.55. The molecule has 29 heavy (non-hydrogen) atoms. The Balaban J connectivity index is 1.52. The summed E-state index contributed by atoms with van der Waals surface area (Å²) in [4.78, 5) is 19.3. The molecule has 2 aromatic rings. The first kappa shape index (κ1) is 21.1. The monoisotopic (exact) mass is 397 g/mol. The molecule has 156 valence electrons. The van der Waals surface area contributed by atoms with E-state index in [-0.39, 0.29) is 5.91 Å². The van der Waals surface area contributed by atoms with Crippen molar-refractivity contribution in [2.75, 3.05) is 40.4 Å². The summed E-state index contributed by atoms with van der Waals surface area (Å²) < 4.78 is 10.6. The van der Waals surface area contributed by atoms with E-state index < -0.39 is 0 Å². The molecule has 1 aromatic carbocycles. The number of nitrogens with one attached hydrogen (secondary N) is 1. The van der Waals surface area contributed by atoms with Crippen molar-refractivity contribution in [3.8, 4) is 11.5 Å². The van der Waals surface area contributed by atoms with Crippen LogP contribution in [0.4, 0.5) is 0 Å². The Morgan fingerprint density at radius 2 is 2.00 bits per heavy atom. The summed E-state index contributed by atoms with van der Waals surface area (Å²) in [6.07, 6.45) is 6.44. The summed E-state index contributed by atoms with van der Waals surface area (Å²) in [5, 5.41) is 2.99. The van der Waals surface area contributed by atoms with Crippen molar-refractivity contribution in [2.45, 2.75) is 26.2 Å². The SMILES string of the molecule is CCN1CCC(Cc2cncc(C(=O)NCCc3ccc(OC)c(OC)c3)c2)C1. The van der Waals surface area contributed by atoms with Gasteiger partial charge < -0.3 is 19.7 Å². The number of likely N-dealkylation sites (tertiary alicyclic amines) is 1. The average molecular weight is 398 g/mol. The summed E-state index contributed by atoms with van der Waals surface area (Å²) in [7, 11) is 3.24. The molecule has 1 aliphatic rings. The number of methoxy groups -OCH3 is 2. The fourth-order valence-corrected chi connectivity index (χ4v) is 3.88. The molecule has 1 fully saturated rings. The minimum atomic E-state index is -0.0820. The minimum absolute atomic E-state index is 0.0820. The number of pyridine rings is 1. The summed E-state index contributed by atoms with van der Waals surface area (Å²) in [6.45, 7) is 6.17. The van der Waals surface area contributed by atoms with Crippen molar-refractivity contribution in [3.63, 3.8) is 0 Å². The minimum Gasteiger partial charge on any atom is -0.493 e. The van der Waals surface area contributed by atoms with Gasteiger partial charge in [0.2, 0.25) is 0 Å². The first-order valence-corrected chi connectivity index (χ1v) is 10.3. The van der Waals surface area contributed by atoms with Crippen LogP contribution in [0.15, 0.2) is 36.7 Å². The molecule has 1 saturated heterocycles. The van der Waals surface area contributed by atoms with Crippen molar-refractivity contribution in [1.29, 1.82) is 0 Å². The quantitative estimate of drug-likeness (QED) is 0.705. The lowest BCUT2D eigenvalue weighted by Gasteiger charge is -2.13. The number of ether oxygens (including phenoxy) is 2. The van der Waals surface area contributed by atoms with E-state index in [1.165, 1.54) is 13.0 Å². The van der Waals surface area contributed by atoms with Gasteiger partial charge in [-0.3, -0.25) is 9.78 Å². The van der Waals surface area contributed by atoms with Crippen molar-refractivity contribution < 1.29 is 14.3 Å². The fourth-order valence-electron chi connectivity index (χ4n) is 3.88. The highest BCUT2D eigenvalue weighted by molar-refractivity contribution is 5.94. The van der Waals surface area contributed by atoms with Gasteiger partial charge in [-0.1, -0.05) is 13.0 Å². The van der Waals surface area contributed by atoms with Gasteiger partial charge in [-0.05, 0) is 67.6 Å². The van der Waals surface area contributed by atoms with Gasteiger partial charge in [-0.2, -0.15) is 0 Å². The maximum atomic E-state index is 12.5. The Hall–Kier alpha value is -2.60. The normalized spacial score (nSPS) is 16.6. The third kappa shape index (κ3) is 5.70. The molecular weight excluding hydrogens is 366 g/mol. The number of hydrogen-bond donors (Lipinski definition) is 1. The van der Waals surface area contributed by atoms with Crippen LogP contribution >= 0.6 is 0 Å². The van der Waals surface area contributed by atoms with Gasteiger partial charge in [0.15, 0.2) is 11.5 Å². The molecule has 0 aliphatic carbocycles. The molecular formula is C23H31N3O3. The zero-order valence-electron chi connectivity index (χ0n) is 17.6. The molecule has 1 aliphatic heterocycles. The lowest BCUT2D eigenvalue weighted by Crippen LogP contribution is -2.26. The average Bonchev–Trinajstić information content (AvgIpc) is 3.21. The largest absolute Gasteiger partial charge is 0.493 e. The van der Waals surface area contributed by atoms with Gasteiger partial charge in [0.05, 0.1) is 19.8 Å². The maximum absolute atomic E-state index is 12.5. The summed E-state index contributed by atoms with van der Waals surface area (Å²) >= 11 is 0. The maximum Gasteiger partial charge on any atom is 0.252 e. The Bertz CT molecular complexity index is 825. The highest BCUT2D eigenvalue weighted by Crippen LogP contribution is 2.27. The van der Waals surface area contributed by atoms with Crippen LogP contribution in [0.3, 0.4) is 0 Å². The third-order valence-corrected chi connectivity index (χ3v) is 5.55. The van der Waals surface area contributed by atoms with Crippen LogP contribution in [0.5, 0.6) is 11.5 Å². The molecule has 0 saturated carbocycles. The molecule has 1 N–H and O–H groups in total. The number of carbonyl (C=O) groups excluding carboxylic acids is 1. The predicted octanol–water partition coefficient (Wildman–Crippen LogP) is 2.96. The van der Waals surface area contributed by atoms with Gasteiger partial charge in [0.25, 0.3) is 5.91 Å². The highest BCUT2D eigenvalue weighted by Gasteiger charge is 2.21. The molecule has 1 atom stereocenters. The molecule has 0 spiro atoms. The Labute approximate surface area is 173 Å². The zero-order chi connectivity index (χ0) is 20.6. The molecule has 0 bridgehead atoms. The second kappa shape index (κ2) is 10.3. The Kier molecular flexibility index (Phi) is 7.47. The topological polar surface area (TPSA) is 63.7 Å². The molecule has 3 rings (SSSR count). The first-order valence-electron chi connectivity index (χ1n) is 10.3. The number of hydrogen-bond acceptors (Lipinski definition) is 5. The van der Waals surface area contributed by atoms with Crippen molar-refractivity contribution in [2.24, 2.45) is 5.92 Å². The molecule has 1 unspecified atom stereocenters. The Morgan fingerprint density at radius 1 is 1.17 bits per heavy atom. The number of nitrogens with zero attached hydrogens (tertiary/aromatic N) is 2. The van der Waals surface area contributed by atoms with Crippen molar-refractivity contribution >= 4 is 5.91 Å². The predicted molar refractivity (Wildman–Crippen MR) is 114 cm³/mol. The van der Waals surface area contributed by atoms with E-state index in [1.807, 2.05) is 30.5 Å². The summed E-state index contributed by atoms with van der Waals surface area (Å²) in [5.74, 6) is 1.97. The zero-order valence-corrected chi connectivity index (χ0v) is 17.6. The van der Waals surface area contributed by atoms with E-state index in [1.54, 1.807) is 20.4 Å². The number of amides is 1. The van der Waals surface area contributed by atoms with E-state index in [0.717, 1.165) is 30.6 Å². The molecule has 1 aromatic heterocycles. The van der Waals surface area contributed by atoms with Gasteiger partial charge in [0, 0.05) is 25.5 Å². The van der Waals surface area contributed by atoms with E-state index >= 15 is 0 Å². The number of carbonyl (C=O) groups is 1. The number of aromatic nitrogens is 1. The summed E-state index contributed by atoms with van der Waals surface area (Å²) in [5.41, 5.74) is 2.84. The standard InChI is InChI=1S/C23H31N3O3/c1-4-26-10-8-18(16-26)11-19-12-20(15-24-14-19)23(27)25-9-7-17-5-6-21(28-2)22(13-17)29-3/h5-6,12-15,18H,4,7-11,16H2,1-3H3,(H,25,27). The van der Waals surface area contributed by atoms with E-state index in [9.17, 15) is 4.79 Å². The second-order valence-electron chi connectivity index (χ2n) is 7.53. The van der Waals surface area contributed by atoms with E-state index in [4.69, 9.17) is 9.47 Å². The number of rotatable bonds is 9. The van der Waals surface area contributed by atoms with Gasteiger partial charge >= 0.3 is 0 Å². The first-order chi connectivity index (χ1) is 14.1. The van der Waals surface area contributed by atoms with Crippen LogP contribution in [0.2, 0.25) is 0 Å². The lowest BCUT2D eigenvalue weighted by atomic mass is 9.99. The highest BCUT2D eigenvalue weighted by atomic mass is 16.5.